The lowest BCUT2D eigenvalue weighted by molar-refractivity contribution is 0.714. The van der Waals surface area contributed by atoms with Crippen molar-refractivity contribution < 1.29 is 0 Å². The van der Waals surface area contributed by atoms with Crippen LogP contribution < -0.4 is 0 Å². The third-order valence-electron chi connectivity index (χ3n) is 11.1. The molecule has 2 heterocycles. The highest BCUT2D eigenvalue weighted by molar-refractivity contribution is 6.05. The van der Waals surface area contributed by atoms with Gasteiger partial charge >= 0.3 is 0 Å². The first-order chi connectivity index (χ1) is 26.6. The molecule has 1 aliphatic rings. The third-order valence-corrected chi connectivity index (χ3v) is 11.1. The van der Waals surface area contributed by atoms with Crippen LogP contribution in [0.25, 0.3) is 78.1 Å². The molecule has 0 N–H and O–H groups in total. The van der Waals surface area contributed by atoms with Gasteiger partial charge in [0, 0.05) is 34.5 Å². The highest BCUT2D eigenvalue weighted by atomic mass is 14.9. The number of nitrogens with zero attached hydrogens (tertiary/aromatic N) is 3. The summed E-state index contributed by atoms with van der Waals surface area (Å²) in [7, 11) is 0. The molecule has 0 amide bonds. The van der Waals surface area contributed by atoms with Gasteiger partial charge in [-0.2, -0.15) is 0 Å². The highest BCUT2D eigenvalue weighted by Gasteiger charge is 2.40. The van der Waals surface area contributed by atoms with Gasteiger partial charge < -0.3 is 0 Å². The average molecular weight is 690 g/mol. The summed E-state index contributed by atoms with van der Waals surface area (Å²) in [5, 5.41) is 2.29. The van der Waals surface area contributed by atoms with Gasteiger partial charge in [-0.3, -0.25) is 4.98 Å². The van der Waals surface area contributed by atoms with Crippen LogP contribution in [0.3, 0.4) is 0 Å². The number of hydrogen-bond donors (Lipinski definition) is 0. The van der Waals surface area contributed by atoms with Crippen LogP contribution in [-0.4, -0.2) is 15.0 Å². The molecule has 0 fully saturated rings. The van der Waals surface area contributed by atoms with E-state index in [0.717, 1.165) is 44.6 Å². The first kappa shape index (κ1) is 31.7. The van der Waals surface area contributed by atoms with Gasteiger partial charge in [-0.25, -0.2) is 9.97 Å². The fourth-order valence-electron chi connectivity index (χ4n) is 8.33. The van der Waals surface area contributed by atoms with E-state index in [9.17, 15) is 0 Å². The van der Waals surface area contributed by atoms with Crippen LogP contribution in [0.2, 0.25) is 0 Å². The molecule has 0 aliphatic heterocycles. The standard InChI is InChI=1S/C51H35N3/c1-51(39-16-6-3-7-17-39)46-21-11-10-20-43(46)44-27-26-37(31-47(44)51)40-28-29-45(42-19-9-8-18-41(40)42)50-53-48(35-13-4-2-5-14-35)32-49(54-50)36-24-22-34(23-25-36)38-15-12-30-52-33-38/h2-33H,1H3. The monoisotopic (exact) mass is 689 g/mol. The fraction of sp³-hybridized carbons (Fsp3) is 0.0392. The first-order valence-electron chi connectivity index (χ1n) is 18.4. The van der Waals surface area contributed by atoms with Crippen LogP contribution in [0.4, 0.5) is 0 Å². The zero-order valence-corrected chi connectivity index (χ0v) is 29.8. The molecule has 3 heteroatoms. The molecule has 1 unspecified atom stereocenters. The van der Waals surface area contributed by atoms with E-state index in [1.165, 1.54) is 44.3 Å². The van der Waals surface area contributed by atoms with Crippen LogP contribution in [0.1, 0.15) is 23.6 Å². The van der Waals surface area contributed by atoms with Crippen LogP contribution in [0.5, 0.6) is 0 Å². The van der Waals surface area contributed by atoms with Gasteiger partial charge in [0.05, 0.1) is 11.4 Å². The van der Waals surface area contributed by atoms with Crippen molar-refractivity contribution in [2.45, 2.75) is 12.3 Å². The predicted molar refractivity (Wildman–Crippen MR) is 222 cm³/mol. The molecule has 0 spiro atoms. The van der Waals surface area contributed by atoms with Crippen LogP contribution in [-0.2, 0) is 5.41 Å². The lowest BCUT2D eigenvalue weighted by Crippen LogP contribution is -2.22. The SMILES string of the molecule is CC1(c2ccccc2)c2ccccc2-c2ccc(-c3ccc(-c4nc(-c5ccccc5)cc(-c5ccc(-c6cccnc6)cc5)n4)c4ccccc34)cc21. The number of benzene rings is 7. The van der Waals surface area contributed by atoms with Crippen molar-refractivity contribution in [3.63, 3.8) is 0 Å². The molecular formula is C51H35N3. The molecule has 254 valence electrons. The number of aromatic nitrogens is 3. The molecule has 1 atom stereocenters. The summed E-state index contributed by atoms with van der Waals surface area (Å²) in [5.41, 5.74) is 15.8. The summed E-state index contributed by atoms with van der Waals surface area (Å²) in [6.07, 6.45) is 3.69. The molecule has 0 radical (unpaired) electrons. The molecular weight excluding hydrogens is 655 g/mol. The maximum atomic E-state index is 5.25. The largest absolute Gasteiger partial charge is 0.264 e. The maximum Gasteiger partial charge on any atom is 0.161 e. The Morgan fingerprint density at radius 2 is 0.944 bits per heavy atom. The molecule has 9 aromatic rings. The average Bonchev–Trinajstić information content (AvgIpc) is 3.52. The van der Waals surface area contributed by atoms with Gasteiger partial charge in [-0.05, 0) is 92.0 Å². The van der Waals surface area contributed by atoms with E-state index in [1.54, 1.807) is 6.20 Å². The number of hydrogen-bond acceptors (Lipinski definition) is 3. The van der Waals surface area contributed by atoms with Crippen LogP contribution >= 0.6 is 0 Å². The molecule has 54 heavy (non-hydrogen) atoms. The summed E-state index contributed by atoms with van der Waals surface area (Å²) in [6, 6.07) is 65.0. The van der Waals surface area contributed by atoms with Crippen LogP contribution in [0, 0.1) is 0 Å². The minimum atomic E-state index is -0.267. The minimum absolute atomic E-state index is 0.267. The van der Waals surface area contributed by atoms with Crippen molar-refractivity contribution >= 4 is 10.8 Å². The first-order valence-corrected chi connectivity index (χ1v) is 18.4. The second-order valence-electron chi connectivity index (χ2n) is 14.2. The molecule has 3 nitrogen and oxygen atoms in total. The van der Waals surface area contributed by atoms with E-state index >= 15 is 0 Å². The normalized spacial score (nSPS) is 14.5. The van der Waals surface area contributed by atoms with Gasteiger partial charge in [0.1, 0.15) is 0 Å². The summed E-state index contributed by atoms with van der Waals surface area (Å²) in [5.74, 6) is 0.700. The van der Waals surface area contributed by atoms with Gasteiger partial charge in [0.2, 0.25) is 0 Å². The molecule has 0 bridgehead atoms. The summed E-state index contributed by atoms with van der Waals surface area (Å²) >= 11 is 0. The zero-order valence-electron chi connectivity index (χ0n) is 29.8. The second kappa shape index (κ2) is 12.9. The molecule has 2 aromatic heterocycles. The van der Waals surface area contributed by atoms with Crippen molar-refractivity contribution in [3.8, 4) is 67.3 Å². The van der Waals surface area contributed by atoms with Crippen molar-refractivity contribution in [2.24, 2.45) is 0 Å². The minimum Gasteiger partial charge on any atom is -0.264 e. The number of fused-ring (bicyclic) bond motifs is 4. The molecule has 7 aromatic carbocycles. The van der Waals surface area contributed by atoms with Gasteiger partial charge in [-0.1, -0.05) is 158 Å². The van der Waals surface area contributed by atoms with E-state index in [-0.39, 0.29) is 5.41 Å². The Kier molecular flexibility index (Phi) is 7.59. The smallest absolute Gasteiger partial charge is 0.161 e. The summed E-state index contributed by atoms with van der Waals surface area (Å²) in [6.45, 7) is 2.37. The second-order valence-corrected chi connectivity index (χ2v) is 14.2. The lowest BCUT2D eigenvalue weighted by atomic mass is 9.74. The Labute approximate surface area is 315 Å². The Hall–Kier alpha value is -6.97. The lowest BCUT2D eigenvalue weighted by Gasteiger charge is -2.28. The van der Waals surface area contributed by atoms with Gasteiger partial charge in [0.25, 0.3) is 0 Å². The molecule has 10 rings (SSSR count). The number of rotatable bonds is 6. The topological polar surface area (TPSA) is 38.7 Å². The van der Waals surface area contributed by atoms with Crippen molar-refractivity contribution in [1.29, 1.82) is 0 Å². The van der Waals surface area contributed by atoms with Gasteiger partial charge in [-0.15, -0.1) is 0 Å². The van der Waals surface area contributed by atoms with Gasteiger partial charge in [0.15, 0.2) is 5.82 Å². The number of pyridine rings is 1. The van der Waals surface area contributed by atoms with E-state index in [1.807, 2.05) is 18.3 Å². The molecule has 0 saturated heterocycles. The maximum absolute atomic E-state index is 5.25. The van der Waals surface area contributed by atoms with Crippen LogP contribution in [0.15, 0.2) is 194 Å². The summed E-state index contributed by atoms with van der Waals surface area (Å²) < 4.78 is 0. The highest BCUT2D eigenvalue weighted by Crippen LogP contribution is 2.53. The predicted octanol–water partition coefficient (Wildman–Crippen LogP) is 12.7. The Balaban J connectivity index is 1.11. The quantitative estimate of drug-likeness (QED) is 0.174. The van der Waals surface area contributed by atoms with E-state index < -0.39 is 0 Å². The van der Waals surface area contributed by atoms with Crippen molar-refractivity contribution in [3.05, 3.63) is 211 Å². The van der Waals surface area contributed by atoms with Crippen molar-refractivity contribution in [1.82, 2.24) is 15.0 Å². The zero-order chi connectivity index (χ0) is 36.1. The summed E-state index contributed by atoms with van der Waals surface area (Å²) in [4.78, 5) is 14.8. The van der Waals surface area contributed by atoms with Crippen molar-refractivity contribution in [2.75, 3.05) is 0 Å². The van der Waals surface area contributed by atoms with E-state index in [0.29, 0.717) is 5.82 Å². The molecule has 1 aliphatic carbocycles. The Morgan fingerprint density at radius 1 is 0.389 bits per heavy atom. The third kappa shape index (κ3) is 5.24. The Bertz CT molecular complexity index is 2810. The fourth-order valence-corrected chi connectivity index (χ4v) is 8.33. The van der Waals surface area contributed by atoms with E-state index in [2.05, 4.69) is 182 Å². The molecule has 0 saturated carbocycles. The Morgan fingerprint density at radius 3 is 1.69 bits per heavy atom. The van der Waals surface area contributed by atoms with E-state index in [4.69, 9.17) is 9.97 Å².